The predicted molar refractivity (Wildman–Crippen MR) is 135 cm³/mol. The highest BCUT2D eigenvalue weighted by molar-refractivity contribution is 5.96. The summed E-state index contributed by atoms with van der Waals surface area (Å²) < 4.78 is 35.6. The van der Waals surface area contributed by atoms with E-state index in [4.69, 9.17) is 16.3 Å². The molecule has 9 heteroatoms. The highest BCUT2D eigenvalue weighted by Gasteiger charge is 2.54. The van der Waals surface area contributed by atoms with E-state index < -0.39 is 28.5 Å². The number of nitrogens with one attached hydrogen (secondary N) is 1. The second-order valence-electron chi connectivity index (χ2n) is 9.88. The normalized spacial score (nSPS) is 20.1. The van der Waals surface area contributed by atoms with Crippen LogP contribution in [0.3, 0.4) is 0 Å². The first-order valence-electron chi connectivity index (χ1n) is 12.0. The molecule has 4 aromatic rings. The van der Waals surface area contributed by atoms with Gasteiger partial charge in [0.2, 0.25) is 0 Å². The van der Waals surface area contributed by atoms with Crippen LogP contribution in [0.4, 0.5) is 14.5 Å². The first-order chi connectivity index (χ1) is 17.7. The van der Waals surface area contributed by atoms with Crippen LogP contribution in [0.15, 0.2) is 41.3 Å². The second kappa shape index (κ2) is 8.18. The van der Waals surface area contributed by atoms with Crippen LogP contribution in [-0.2, 0) is 5.54 Å². The first kappa shape index (κ1) is 23.3. The van der Waals surface area contributed by atoms with E-state index >= 15 is 0 Å². The maximum absolute atomic E-state index is 14.8. The summed E-state index contributed by atoms with van der Waals surface area (Å²) >= 11 is 0. The minimum Gasteiger partial charge on any atom is -0.491 e. The van der Waals surface area contributed by atoms with Gasteiger partial charge in [-0.3, -0.25) is 14.3 Å². The second-order valence-corrected chi connectivity index (χ2v) is 9.88. The zero-order valence-corrected chi connectivity index (χ0v) is 20.5. The Morgan fingerprint density at radius 2 is 1.89 bits per heavy atom. The molecular weight excluding hydrogens is 476 g/mol. The maximum Gasteiger partial charge on any atom is 0.264 e. The summed E-state index contributed by atoms with van der Waals surface area (Å²) in [5.74, 6) is -1.51. The Labute approximate surface area is 211 Å². The number of hydrogen-bond acceptors (Lipinski definition) is 5. The van der Waals surface area contributed by atoms with E-state index in [1.807, 2.05) is 19.9 Å². The van der Waals surface area contributed by atoms with Gasteiger partial charge in [-0.05, 0) is 68.5 Å². The van der Waals surface area contributed by atoms with Crippen molar-refractivity contribution in [3.05, 3.63) is 87.0 Å². The number of halogens is 2. The van der Waals surface area contributed by atoms with E-state index in [9.17, 15) is 13.6 Å². The lowest BCUT2D eigenvalue weighted by molar-refractivity contribution is 0.211. The Morgan fingerprint density at radius 1 is 1.16 bits per heavy atom. The van der Waals surface area contributed by atoms with Crippen LogP contribution in [0, 0.1) is 38.0 Å². The van der Waals surface area contributed by atoms with Crippen molar-refractivity contribution >= 4 is 16.6 Å². The highest BCUT2D eigenvalue weighted by Crippen LogP contribution is 2.50. The molecule has 1 N–H and O–H groups in total. The molecule has 186 valence electrons. The average molecular weight is 500 g/mol. The number of fused-ring (bicyclic) bond motifs is 2. The molecule has 1 saturated carbocycles. The fraction of sp³-hybridized carbons (Fsp3) is 0.286. The van der Waals surface area contributed by atoms with Gasteiger partial charge in [-0.2, -0.15) is 0 Å². The fourth-order valence-electron chi connectivity index (χ4n) is 5.60. The molecule has 2 aromatic heterocycles. The van der Waals surface area contributed by atoms with E-state index in [1.54, 1.807) is 12.3 Å². The number of pyridine rings is 1. The van der Waals surface area contributed by atoms with Gasteiger partial charge in [0.05, 0.1) is 35.8 Å². The smallest absolute Gasteiger partial charge is 0.264 e. The molecule has 37 heavy (non-hydrogen) atoms. The molecule has 2 aromatic carbocycles. The zero-order valence-electron chi connectivity index (χ0n) is 20.5. The van der Waals surface area contributed by atoms with Crippen LogP contribution in [0.2, 0.25) is 0 Å². The summed E-state index contributed by atoms with van der Waals surface area (Å²) in [5.41, 5.74) is 2.81. The first-order valence-corrected chi connectivity index (χ1v) is 12.0. The summed E-state index contributed by atoms with van der Waals surface area (Å²) in [6.07, 6.45) is 3.25. The molecule has 7 nitrogen and oxygen atoms in total. The topological polar surface area (TPSA) is 73.4 Å². The van der Waals surface area contributed by atoms with Gasteiger partial charge >= 0.3 is 0 Å². The van der Waals surface area contributed by atoms with Crippen LogP contribution in [0.25, 0.3) is 32.6 Å². The lowest BCUT2D eigenvalue weighted by atomic mass is 9.73. The maximum atomic E-state index is 14.8. The van der Waals surface area contributed by atoms with Crippen LogP contribution in [0.5, 0.6) is 5.75 Å². The fourth-order valence-corrected chi connectivity index (χ4v) is 5.60. The Hall–Kier alpha value is -4.16. The Balaban J connectivity index is 1.71. The molecule has 2 aliphatic heterocycles. The molecule has 2 bridgehead atoms. The molecule has 7 rings (SSSR count). The standard InChI is InChI=1S/C28H23F2N5O2/c1-14-5-17(13-32-15(14)2)20-6-18(31-3)7-21-24(20)34-27(28-10-16(11-28)12-33-28)35(26(21)36)19-8-22(29)25(37-4)23(30)9-19/h5-9,13,16,33H,10-12H2,1-2,4H3. The monoisotopic (exact) mass is 499 g/mol. The third-order valence-electron chi connectivity index (χ3n) is 7.61. The van der Waals surface area contributed by atoms with Crippen molar-refractivity contribution in [3.63, 3.8) is 0 Å². The summed E-state index contributed by atoms with van der Waals surface area (Å²) in [6, 6.07) is 7.30. The van der Waals surface area contributed by atoms with Gasteiger partial charge in [0, 0.05) is 29.6 Å². The van der Waals surface area contributed by atoms with Gasteiger partial charge in [0.25, 0.3) is 5.56 Å². The summed E-state index contributed by atoms with van der Waals surface area (Å²) in [7, 11) is 1.18. The number of rotatable bonds is 4. The van der Waals surface area contributed by atoms with E-state index in [1.165, 1.54) is 17.7 Å². The van der Waals surface area contributed by atoms with E-state index in [0.717, 1.165) is 48.3 Å². The van der Waals surface area contributed by atoms with Crippen LogP contribution in [0.1, 0.15) is 29.9 Å². The van der Waals surface area contributed by atoms with Gasteiger partial charge in [-0.1, -0.05) is 0 Å². The molecule has 0 spiro atoms. The Kier molecular flexibility index (Phi) is 5.14. The quantitative estimate of drug-likeness (QED) is 0.395. The van der Waals surface area contributed by atoms with E-state index in [2.05, 4.69) is 15.1 Å². The molecule has 3 aliphatic rings. The summed E-state index contributed by atoms with van der Waals surface area (Å²) in [4.78, 5) is 27.2. The van der Waals surface area contributed by atoms with Crippen LogP contribution in [-0.4, -0.2) is 28.2 Å². The number of hydrogen-bond donors (Lipinski definition) is 1. The zero-order chi connectivity index (χ0) is 26.1. The van der Waals surface area contributed by atoms with Crippen molar-refractivity contribution in [2.24, 2.45) is 5.92 Å². The summed E-state index contributed by atoms with van der Waals surface area (Å²) in [6.45, 7) is 12.3. The molecule has 0 radical (unpaired) electrons. The van der Waals surface area contributed by atoms with Gasteiger partial charge in [-0.15, -0.1) is 0 Å². The highest BCUT2D eigenvalue weighted by atomic mass is 19.1. The van der Waals surface area contributed by atoms with Crippen molar-refractivity contribution < 1.29 is 13.5 Å². The largest absolute Gasteiger partial charge is 0.491 e. The lowest BCUT2D eigenvalue weighted by Gasteiger charge is -2.38. The minimum absolute atomic E-state index is 0.0133. The van der Waals surface area contributed by atoms with Crippen LogP contribution < -0.4 is 15.6 Å². The van der Waals surface area contributed by atoms with Gasteiger partial charge in [-0.25, -0.2) is 18.6 Å². The summed E-state index contributed by atoms with van der Waals surface area (Å²) in [5, 5.41) is 3.67. The number of benzene rings is 2. The third kappa shape index (κ3) is 3.44. The molecule has 0 amide bonds. The number of nitrogens with zero attached hydrogens (tertiary/aromatic N) is 4. The number of methoxy groups -OCH3 is 1. The Bertz CT molecular complexity index is 1690. The molecule has 4 heterocycles. The molecule has 1 aliphatic carbocycles. The minimum atomic E-state index is -0.921. The number of aromatic nitrogens is 3. The van der Waals surface area contributed by atoms with Crippen molar-refractivity contribution in [2.75, 3.05) is 13.7 Å². The van der Waals surface area contributed by atoms with Gasteiger partial charge in [0.1, 0.15) is 5.82 Å². The predicted octanol–water partition coefficient (Wildman–Crippen LogP) is 5.11. The number of ether oxygens (including phenoxy) is 1. The average Bonchev–Trinajstić information content (AvgIpc) is 3.47. The van der Waals surface area contributed by atoms with Gasteiger partial charge < -0.3 is 10.1 Å². The SMILES string of the molecule is [C-]#[N+]c1cc(-c2cnc(C)c(C)c2)c2nc(C34CC(CN3)C4)n(-c3cc(F)c(OC)c(F)c3)c(=O)c2c1. The van der Waals surface area contributed by atoms with Crippen molar-refractivity contribution in [1.82, 2.24) is 19.9 Å². The Morgan fingerprint density at radius 3 is 2.49 bits per heavy atom. The molecule has 3 fully saturated rings. The molecular formula is C28H23F2N5O2. The number of aryl methyl sites for hydroxylation is 2. The van der Waals surface area contributed by atoms with E-state index in [0.29, 0.717) is 22.8 Å². The van der Waals surface area contributed by atoms with Crippen LogP contribution >= 0.6 is 0 Å². The molecule has 2 saturated heterocycles. The molecule has 0 unspecified atom stereocenters. The van der Waals surface area contributed by atoms with Crippen molar-refractivity contribution in [1.29, 1.82) is 0 Å². The van der Waals surface area contributed by atoms with E-state index in [-0.39, 0.29) is 16.8 Å². The van der Waals surface area contributed by atoms with Gasteiger partial charge in [0.15, 0.2) is 23.1 Å². The van der Waals surface area contributed by atoms with Crippen molar-refractivity contribution in [2.45, 2.75) is 32.2 Å². The third-order valence-corrected chi connectivity index (χ3v) is 7.61. The molecule has 0 atom stereocenters. The van der Waals surface area contributed by atoms with Crippen molar-refractivity contribution in [3.8, 4) is 22.6 Å². The lowest BCUT2D eigenvalue weighted by Crippen LogP contribution is -2.45.